The van der Waals surface area contributed by atoms with E-state index in [1.165, 1.54) is 18.2 Å². The number of hydrogen-bond acceptors (Lipinski definition) is 3. The molecule has 5 nitrogen and oxygen atoms in total. The second kappa shape index (κ2) is 5.56. The van der Waals surface area contributed by atoms with E-state index in [0.717, 1.165) is 6.92 Å². The van der Waals surface area contributed by atoms with Gasteiger partial charge in [0.15, 0.2) is 5.60 Å². The van der Waals surface area contributed by atoms with Crippen LogP contribution in [0.2, 0.25) is 10.0 Å². The van der Waals surface area contributed by atoms with Gasteiger partial charge in [-0.1, -0.05) is 23.2 Å². The number of amides is 1. The topological polar surface area (TPSA) is 86.6 Å². The number of carboxylic acids is 1. The molecule has 1 aromatic rings. The fourth-order valence-electron chi connectivity index (χ4n) is 1.11. The number of benzene rings is 1. The zero-order chi connectivity index (χ0) is 13.9. The number of rotatable bonds is 4. The largest absolute Gasteiger partial charge is 0.479 e. The van der Waals surface area contributed by atoms with E-state index in [9.17, 15) is 14.7 Å². The van der Waals surface area contributed by atoms with Crippen molar-refractivity contribution in [3.63, 3.8) is 0 Å². The second-order valence-corrected chi connectivity index (χ2v) is 4.79. The van der Waals surface area contributed by atoms with Gasteiger partial charge in [0.1, 0.15) is 0 Å². The smallest absolute Gasteiger partial charge is 0.337 e. The van der Waals surface area contributed by atoms with Crippen LogP contribution in [0.15, 0.2) is 18.2 Å². The molecule has 0 saturated heterocycles. The highest BCUT2D eigenvalue weighted by molar-refractivity contribution is 6.35. The summed E-state index contributed by atoms with van der Waals surface area (Å²) in [6, 6.07) is 4.24. The van der Waals surface area contributed by atoms with Crippen molar-refractivity contribution < 1.29 is 19.8 Å². The summed E-state index contributed by atoms with van der Waals surface area (Å²) >= 11 is 11.5. The fourth-order valence-corrected chi connectivity index (χ4v) is 1.64. The lowest BCUT2D eigenvalue weighted by Crippen LogP contribution is -2.46. The normalized spacial score (nSPS) is 13.8. The Balaban J connectivity index is 2.75. The Morgan fingerprint density at radius 3 is 2.22 bits per heavy atom. The molecule has 0 fully saturated rings. The first-order chi connectivity index (χ1) is 8.22. The van der Waals surface area contributed by atoms with Crippen molar-refractivity contribution in [2.24, 2.45) is 0 Å². The molecule has 3 N–H and O–H groups in total. The molecule has 0 bridgehead atoms. The number of carbonyl (C=O) groups excluding carboxylic acids is 1. The van der Waals surface area contributed by atoms with Gasteiger partial charge in [-0.2, -0.15) is 0 Å². The molecular formula is C11H11Cl2NO4. The minimum absolute atomic E-state index is 0.189. The number of aliphatic carboxylic acids is 1. The van der Waals surface area contributed by atoms with Gasteiger partial charge in [-0.3, -0.25) is 4.79 Å². The Bertz CT molecular complexity index is 468. The predicted octanol–water partition coefficient (Wildman–Crippen LogP) is 1.56. The van der Waals surface area contributed by atoms with Crippen molar-refractivity contribution in [1.82, 2.24) is 5.32 Å². The molecule has 0 aliphatic heterocycles. The molecule has 0 saturated carbocycles. The Labute approximate surface area is 113 Å². The van der Waals surface area contributed by atoms with Crippen molar-refractivity contribution in [2.75, 3.05) is 6.54 Å². The van der Waals surface area contributed by atoms with Crippen molar-refractivity contribution in [1.29, 1.82) is 0 Å². The minimum atomic E-state index is -2.03. The number of carboxylic acid groups (broad SMARTS) is 1. The van der Waals surface area contributed by atoms with Crippen LogP contribution in [0.1, 0.15) is 17.3 Å². The van der Waals surface area contributed by atoms with E-state index < -0.39 is 24.0 Å². The zero-order valence-electron chi connectivity index (χ0n) is 9.41. The van der Waals surface area contributed by atoms with E-state index >= 15 is 0 Å². The van der Waals surface area contributed by atoms with E-state index in [2.05, 4.69) is 5.32 Å². The van der Waals surface area contributed by atoms with E-state index in [1.54, 1.807) is 0 Å². The lowest BCUT2D eigenvalue weighted by Gasteiger charge is -2.18. The highest BCUT2D eigenvalue weighted by Crippen LogP contribution is 2.19. The third kappa shape index (κ3) is 3.87. The summed E-state index contributed by atoms with van der Waals surface area (Å²) in [5, 5.41) is 21.0. The summed E-state index contributed by atoms with van der Waals surface area (Å²) in [6.45, 7) is 0.659. The van der Waals surface area contributed by atoms with Gasteiger partial charge >= 0.3 is 5.97 Å². The summed E-state index contributed by atoms with van der Waals surface area (Å²) in [7, 11) is 0. The molecule has 7 heteroatoms. The first-order valence-corrected chi connectivity index (χ1v) is 5.68. The molecule has 0 aliphatic carbocycles. The molecular weight excluding hydrogens is 281 g/mol. The van der Waals surface area contributed by atoms with Gasteiger partial charge in [-0.15, -0.1) is 0 Å². The second-order valence-electron chi connectivity index (χ2n) is 3.92. The quantitative estimate of drug-likeness (QED) is 0.786. The van der Waals surface area contributed by atoms with Crippen LogP contribution < -0.4 is 5.32 Å². The monoisotopic (exact) mass is 291 g/mol. The van der Waals surface area contributed by atoms with Crippen molar-refractivity contribution in [2.45, 2.75) is 12.5 Å². The lowest BCUT2D eigenvalue weighted by molar-refractivity contribution is -0.155. The highest BCUT2D eigenvalue weighted by atomic mass is 35.5. The number of hydrogen-bond donors (Lipinski definition) is 3. The summed E-state index contributed by atoms with van der Waals surface area (Å²) < 4.78 is 0. The Morgan fingerprint density at radius 1 is 1.28 bits per heavy atom. The van der Waals surface area contributed by atoms with Crippen LogP contribution in [0.3, 0.4) is 0 Å². The van der Waals surface area contributed by atoms with Gasteiger partial charge < -0.3 is 15.5 Å². The molecule has 1 amide bonds. The van der Waals surface area contributed by atoms with Crippen LogP contribution in [0, 0.1) is 0 Å². The molecule has 1 rings (SSSR count). The van der Waals surface area contributed by atoms with Gasteiger partial charge in [0.25, 0.3) is 5.91 Å². The Hall–Kier alpha value is -1.30. The first kappa shape index (κ1) is 14.8. The summed E-state index contributed by atoms with van der Waals surface area (Å²) in [6.07, 6.45) is 0. The first-order valence-electron chi connectivity index (χ1n) is 4.92. The van der Waals surface area contributed by atoms with Crippen LogP contribution in [0.25, 0.3) is 0 Å². The van der Waals surface area contributed by atoms with E-state index in [0.29, 0.717) is 0 Å². The SMILES string of the molecule is CC(O)(CNC(=O)c1cc(Cl)cc(Cl)c1)C(=O)O. The molecule has 0 aromatic heterocycles. The maximum absolute atomic E-state index is 11.7. The highest BCUT2D eigenvalue weighted by Gasteiger charge is 2.30. The molecule has 0 heterocycles. The van der Waals surface area contributed by atoms with Gasteiger partial charge in [-0.05, 0) is 25.1 Å². The van der Waals surface area contributed by atoms with Crippen molar-refractivity contribution in [3.05, 3.63) is 33.8 Å². The van der Waals surface area contributed by atoms with Gasteiger partial charge in [0, 0.05) is 15.6 Å². The summed E-state index contributed by atoms with van der Waals surface area (Å²) in [5.74, 6) is -1.99. The zero-order valence-corrected chi connectivity index (χ0v) is 10.9. The van der Waals surface area contributed by atoms with Crippen LogP contribution in [0.5, 0.6) is 0 Å². The van der Waals surface area contributed by atoms with E-state index in [1.807, 2.05) is 0 Å². The summed E-state index contributed by atoms with van der Waals surface area (Å²) in [5.41, 5.74) is -1.84. The molecule has 1 atom stereocenters. The molecule has 0 spiro atoms. The fraction of sp³-hybridized carbons (Fsp3) is 0.273. The van der Waals surface area contributed by atoms with Crippen molar-refractivity contribution in [3.8, 4) is 0 Å². The third-order valence-electron chi connectivity index (χ3n) is 2.18. The number of carbonyl (C=O) groups is 2. The number of aliphatic hydroxyl groups is 1. The molecule has 1 aromatic carbocycles. The van der Waals surface area contributed by atoms with Crippen LogP contribution in [-0.4, -0.2) is 34.2 Å². The predicted molar refractivity (Wildman–Crippen MR) is 67.1 cm³/mol. The number of halogens is 2. The molecule has 1 unspecified atom stereocenters. The molecule has 0 radical (unpaired) electrons. The minimum Gasteiger partial charge on any atom is -0.479 e. The third-order valence-corrected chi connectivity index (χ3v) is 2.62. The Kier molecular flexibility index (Phi) is 4.56. The van der Waals surface area contributed by atoms with Gasteiger partial charge in [-0.25, -0.2) is 4.79 Å². The van der Waals surface area contributed by atoms with Crippen LogP contribution in [-0.2, 0) is 4.79 Å². The van der Waals surface area contributed by atoms with E-state index in [4.69, 9.17) is 28.3 Å². The average molecular weight is 292 g/mol. The van der Waals surface area contributed by atoms with Gasteiger partial charge in [0.05, 0.1) is 6.54 Å². The maximum Gasteiger partial charge on any atom is 0.337 e. The average Bonchev–Trinajstić information content (AvgIpc) is 2.24. The standard InChI is InChI=1S/C11H11Cl2NO4/c1-11(18,10(16)17)5-14-9(15)6-2-7(12)4-8(13)3-6/h2-4,18H,5H2,1H3,(H,14,15)(H,16,17). The van der Waals surface area contributed by atoms with Crippen LogP contribution in [0.4, 0.5) is 0 Å². The van der Waals surface area contributed by atoms with Crippen LogP contribution >= 0.6 is 23.2 Å². The molecule has 98 valence electrons. The Morgan fingerprint density at radius 2 is 1.78 bits per heavy atom. The summed E-state index contributed by atoms with van der Waals surface area (Å²) in [4.78, 5) is 22.3. The van der Waals surface area contributed by atoms with Gasteiger partial charge in [0.2, 0.25) is 0 Å². The number of nitrogens with one attached hydrogen (secondary N) is 1. The molecule has 18 heavy (non-hydrogen) atoms. The molecule has 0 aliphatic rings. The lowest BCUT2D eigenvalue weighted by atomic mass is 10.1. The van der Waals surface area contributed by atoms with Crippen molar-refractivity contribution >= 4 is 35.1 Å². The van der Waals surface area contributed by atoms with E-state index in [-0.39, 0.29) is 15.6 Å². The maximum atomic E-state index is 11.7.